The molecule has 14 heavy (non-hydrogen) atoms. The molecule has 6 heteroatoms. The van der Waals surface area contributed by atoms with Gasteiger partial charge in [-0.25, -0.2) is 0 Å². The molecule has 0 spiro atoms. The number of hydrogen-bond acceptors (Lipinski definition) is 4. The lowest BCUT2D eigenvalue weighted by Crippen LogP contribution is -1.90. The van der Waals surface area contributed by atoms with Crippen molar-refractivity contribution in [3.05, 3.63) is 31.2 Å². The molecule has 0 saturated carbocycles. The summed E-state index contributed by atoms with van der Waals surface area (Å²) >= 11 is 3.29. The second kappa shape index (κ2) is 3.35. The van der Waals surface area contributed by atoms with E-state index in [-0.39, 0.29) is 11.4 Å². The monoisotopic (exact) mass is 321 g/mol. The van der Waals surface area contributed by atoms with Crippen LogP contribution in [0.4, 0.5) is 5.69 Å². The van der Waals surface area contributed by atoms with Crippen LogP contribution in [0.1, 0.15) is 0 Å². The van der Waals surface area contributed by atoms with Gasteiger partial charge in [0.05, 0.1) is 8.49 Å². The molecule has 0 saturated heterocycles. The standard InChI is InChI=1S/C8H4INO3S/c9-5-2-8-4(7(11)3-14-8)1-6(5)10(12)13/h1-3,11H. The Bertz CT molecular complexity index is 523. The van der Waals surface area contributed by atoms with Gasteiger partial charge in [0.25, 0.3) is 5.69 Å². The Morgan fingerprint density at radius 2 is 2.21 bits per heavy atom. The van der Waals surface area contributed by atoms with E-state index in [1.54, 1.807) is 11.4 Å². The molecule has 0 atom stereocenters. The Morgan fingerprint density at radius 3 is 2.86 bits per heavy atom. The maximum absolute atomic E-state index is 10.6. The minimum atomic E-state index is -0.446. The van der Waals surface area contributed by atoms with Crippen molar-refractivity contribution < 1.29 is 10.0 Å². The summed E-state index contributed by atoms with van der Waals surface area (Å²) in [4.78, 5) is 10.2. The van der Waals surface area contributed by atoms with E-state index in [9.17, 15) is 15.2 Å². The van der Waals surface area contributed by atoms with Crippen LogP contribution in [-0.4, -0.2) is 10.0 Å². The molecule has 1 aromatic carbocycles. The normalized spacial score (nSPS) is 10.6. The van der Waals surface area contributed by atoms with Crippen molar-refractivity contribution >= 4 is 49.7 Å². The second-order valence-corrected chi connectivity index (χ2v) is 4.75. The smallest absolute Gasteiger partial charge is 0.283 e. The predicted molar refractivity (Wildman–Crippen MR) is 62.9 cm³/mol. The summed E-state index contributed by atoms with van der Waals surface area (Å²) < 4.78 is 1.44. The van der Waals surface area contributed by atoms with Gasteiger partial charge >= 0.3 is 0 Å². The highest BCUT2D eigenvalue weighted by Gasteiger charge is 2.15. The van der Waals surface area contributed by atoms with Crippen LogP contribution in [0, 0.1) is 13.7 Å². The molecule has 72 valence electrons. The van der Waals surface area contributed by atoms with Crippen molar-refractivity contribution in [1.82, 2.24) is 0 Å². The van der Waals surface area contributed by atoms with Gasteiger partial charge in [0.2, 0.25) is 0 Å². The molecule has 0 aliphatic rings. The fourth-order valence-corrected chi connectivity index (χ4v) is 2.88. The summed E-state index contributed by atoms with van der Waals surface area (Å²) in [5.41, 5.74) is 0.0341. The maximum Gasteiger partial charge on any atom is 0.283 e. The van der Waals surface area contributed by atoms with Crippen LogP contribution in [0.25, 0.3) is 10.1 Å². The van der Waals surface area contributed by atoms with Crippen LogP contribution < -0.4 is 0 Å². The van der Waals surface area contributed by atoms with Gasteiger partial charge < -0.3 is 5.11 Å². The number of benzene rings is 1. The minimum absolute atomic E-state index is 0.0341. The van der Waals surface area contributed by atoms with Gasteiger partial charge in [0, 0.05) is 21.5 Å². The number of fused-ring (bicyclic) bond motifs is 1. The van der Waals surface area contributed by atoms with E-state index in [0.717, 1.165) is 4.70 Å². The number of aromatic hydroxyl groups is 1. The van der Waals surface area contributed by atoms with Gasteiger partial charge in [-0.1, -0.05) is 0 Å². The molecular formula is C8H4INO3S. The maximum atomic E-state index is 10.6. The zero-order valence-corrected chi connectivity index (χ0v) is 9.70. The van der Waals surface area contributed by atoms with Gasteiger partial charge in [-0.05, 0) is 28.7 Å². The van der Waals surface area contributed by atoms with E-state index in [0.29, 0.717) is 8.96 Å². The molecule has 4 nitrogen and oxygen atoms in total. The lowest BCUT2D eigenvalue weighted by Gasteiger charge is -1.96. The summed E-state index contributed by atoms with van der Waals surface area (Å²) in [6, 6.07) is 3.11. The second-order valence-electron chi connectivity index (χ2n) is 2.68. The molecule has 1 N–H and O–H groups in total. The first-order chi connectivity index (χ1) is 6.59. The van der Waals surface area contributed by atoms with Crippen molar-refractivity contribution in [3.8, 4) is 5.75 Å². The molecule has 0 amide bonds. The van der Waals surface area contributed by atoms with Gasteiger partial charge in [-0.2, -0.15) is 0 Å². The molecule has 0 bridgehead atoms. The molecular weight excluding hydrogens is 317 g/mol. The fraction of sp³-hybridized carbons (Fsp3) is 0. The Labute approximate surface area is 96.5 Å². The Kier molecular flexibility index (Phi) is 2.31. The first-order valence-corrected chi connectivity index (χ1v) is 5.59. The molecule has 0 unspecified atom stereocenters. The quantitative estimate of drug-likeness (QED) is 0.499. The van der Waals surface area contributed by atoms with E-state index in [1.807, 2.05) is 22.6 Å². The highest BCUT2D eigenvalue weighted by Crippen LogP contribution is 2.36. The molecule has 1 aromatic heterocycles. The van der Waals surface area contributed by atoms with E-state index in [2.05, 4.69) is 0 Å². The average molecular weight is 321 g/mol. The summed E-state index contributed by atoms with van der Waals surface area (Å²) in [6.45, 7) is 0. The van der Waals surface area contributed by atoms with Crippen molar-refractivity contribution in [3.63, 3.8) is 0 Å². The first kappa shape index (κ1) is 9.66. The molecule has 0 aliphatic carbocycles. The number of hydrogen-bond donors (Lipinski definition) is 1. The lowest BCUT2D eigenvalue weighted by molar-refractivity contribution is -0.385. The zero-order valence-electron chi connectivity index (χ0n) is 6.73. The Morgan fingerprint density at radius 1 is 1.50 bits per heavy atom. The Balaban J connectivity index is 2.80. The van der Waals surface area contributed by atoms with Crippen molar-refractivity contribution in [2.24, 2.45) is 0 Å². The number of nitro benzene ring substituents is 1. The van der Waals surface area contributed by atoms with Crippen molar-refractivity contribution in [2.75, 3.05) is 0 Å². The highest BCUT2D eigenvalue weighted by molar-refractivity contribution is 14.1. The van der Waals surface area contributed by atoms with Crippen LogP contribution in [0.15, 0.2) is 17.5 Å². The number of rotatable bonds is 1. The van der Waals surface area contributed by atoms with Crippen molar-refractivity contribution in [1.29, 1.82) is 0 Å². The van der Waals surface area contributed by atoms with E-state index < -0.39 is 4.92 Å². The Hall–Kier alpha value is -0.890. The number of thiophene rings is 1. The van der Waals surface area contributed by atoms with E-state index >= 15 is 0 Å². The fourth-order valence-electron chi connectivity index (χ4n) is 1.16. The number of halogens is 1. The van der Waals surface area contributed by atoms with Crippen LogP contribution >= 0.6 is 33.9 Å². The van der Waals surface area contributed by atoms with Gasteiger partial charge in [0.15, 0.2) is 0 Å². The summed E-state index contributed by atoms with van der Waals surface area (Å²) in [5.74, 6) is 0.101. The summed E-state index contributed by atoms with van der Waals surface area (Å²) in [7, 11) is 0. The molecule has 2 rings (SSSR count). The topological polar surface area (TPSA) is 63.4 Å². The first-order valence-electron chi connectivity index (χ1n) is 3.63. The third-order valence-electron chi connectivity index (χ3n) is 1.82. The largest absolute Gasteiger partial charge is 0.506 e. The van der Waals surface area contributed by atoms with Crippen LogP contribution in [-0.2, 0) is 0 Å². The van der Waals surface area contributed by atoms with E-state index in [1.165, 1.54) is 17.4 Å². The zero-order chi connectivity index (χ0) is 10.3. The molecule has 0 aliphatic heterocycles. The molecule has 2 aromatic rings. The van der Waals surface area contributed by atoms with Gasteiger partial charge in [-0.3, -0.25) is 10.1 Å². The average Bonchev–Trinajstić information content (AvgIpc) is 2.46. The third kappa shape index (κ3) is 1.44. The van der Waals surface area contributed by atoms with Gasteiger partial charge in [0.1, 0.15) is 5.75 Å². The third-order valence-corrected chi connectivity index (χ3v) is 3.62. The predicted octanol–water partition coefficient (Wildman–Crippen LogP) is 3.12. The summed E-state index contributed by atoms with van der Waals surface area (Å²) in [6.07, 6.45) is 0. The van der Waals surface area contributed by atoms with Crippen LogP contribution in [0.2, 0.25) is 0 Å². The number of nitro groups is 1. The summed E-state index contributed by atoms with van der Waals surface area (Å²) in [5, 5.41) is 22.1. The van der Waals surface area contributed by atoms with Crippen LogP contribution in [0.5, 0.6) is 5.75 Å². The van der Waals surface area contributed by atoms with Gasteiger partial charge in [-0.15, -0.1) is 11.3 Å². The van der Waals surface area contributed by atoms with E-state index in [4.69, 9.17) is 0 Å². The highest BCUT2D eigenvalue weighted by atomic mass is 127. The minimum Gasteiger partial charge on any atom is -0.506 e. The molecule has 1 heterocycles. The van der Waals surface area contributed by atoms with Crippen LogP contribution in [0.3, 0.4) is 0 Å². The lowest BCUT2D eigenvalue weighted by atomic mass is 10.2. The van der Waals surface area contributed by atoms with Crippen molar-refractivity contribution in [2.45, 2.75) is 0 Å². The molecule has 0 fully saturated rings. The molecule has 0 radical (unpaired) electrons. The number of nitrogens with zero attached hydrogens (tertiary/aromatic N) is 1. The SMILES string of the molecule is O=[N+]([O-])c1cc2c(O)csc2cc1I.